The van der Waals surface area contributed by atoms with Gasteiger partial charge in [-0.1, -0.05) is 213 Å². The summed E-state index contributed by atoms with van der Waals surface area (Å²) in [6.07, 6.45) is 47.1. The molecule has 0 aromatic rings. The Morgan fingerprint density at radius 1 is 0.289 bits per heavy atom. The highest BCUT2D eigenvalue weighted by Crippen LogP contribution is 2.16. The van der Waals surface area contributed by atoms with E-state index in [2.05, 4.69) is 20.5 Å². The van der Waals surface area contributed by atoms with E-state index in [4.69, 9.17) is 4.74 Å². The van der Waals surface area contributed by atoms with Crippen LogP contribution in [0.25, 0.3) is 0 Å². The molecule has 0 amide bonds. The number of rotatable bonds is 35. The zero-order valence-corrected chi connectivity index (χ0v) is 27.0. The van der Waals surface area contributed by atoms with Gasteiger partial charge in [0.2, 0.25) is 0 Å². The van der Waals surface area contributed by atoms with Crippen molar-refractivity contribution in [3.8, 4) is 0 Å². The topological polar surface area (TPSA) is 9.23 Å². The molecule has 0 saturated carbocycles. The van der Waals surface area contributed by atoms with Crippen molar-refractivity contribution in [1.82, 2.24) is 0 Å². The molecule has 0 aromatic heterocycles. The fourth-order valence-corrected chi connectivity index (χ4v) is 5.68. The third-order valence-corrected chi connectivity index (χ3v) is 8.41. The first-order valence-corrected chi connectivity index (χ1v) is 18.3. The highest BCUT2D eigenvalue weighted by molar-refractivity contribution is 4.55. The Bertz CT molecular complexity index is 343. The third-order valence-electron chi connectivity index (χ3n) is 8.41. The van der Waals surface area contributed by atoms with Crippen molar-refractivity contribution in [2.45, 2.75) is 226 Å². The lowest BCUT2D eigenvalue weighted by Gasteiger charge is -2.05. The van der Waals surface area contributed by atoms with Crippen LogP contribution < -0.4 is 0 Å². The van der Waals surface area contributed by atoms with E-state index in [1.807, 2.05) is 0 Å². The Hall–Kier alpha value is -0.0400. The predicted octanol–water partition coefficient (Wildman–Crippen LogP) is 14.1. The smallest absolute Gasteiger partial charge is 0.0836 e. The van der Waals surface area contributed by atoms with E-state index in [1.165, 1.54) is 205 Å². The van der Waals surface area contributed by atoms with Gasteiger partial charge >= 0.3 is 0 Å². The summed E-state index contributed by atoms with van der Waals surface area (Å²) >= 11 is 0. The van der Waals surface area contributed by atoms with Crippen molar-refractivity contribution in [3.05, 3.63) is 6.61 Å². The van der Waals surface area contributed by atoms with Gasteiger partial charge in [0.1, 0.15) is 0 Å². The van der Waals surface area contributed by atoms with E-state index in [0.717, 1.165) is 13.0 Å². The summed E-state index contributed by atoms with van der Waals surface area (Å²) in [5.74, 6) is 0. The highest BCUT2D eigenvalue weighted by Gasteiger charge is 1.97. The van der Waals surface area contributed by atoms with Crippen LogP contribution in [0.15, 0.2) is 0 Å². The monoisotopic (exact) mass is 536 g/mol. The van der Waals surface area contributed by atoms with Crippen LogP contribution in [0, 0.1) is 6.61 Å². The van der Waals surface area contributed by atoms with Crippen molar-refractivity contribution in [2.75, 3.05) is 6.61 Å². The number of hydrogen-bond donors (Lipinski definition) is 0. The number of unbranched alkanes of at least 4 members (excludes halogenated alkanes) is 31. The summed E-state index contributed by atoms with van der Waals surface area (Å²) in [6, 6.07) is 0. The van der Waals surface area contributed by atoms with E-state index in [1.54, 1.807) is 0 Å². The van der Waals surface area contributed by atoms with Gasteiger partial charge in [-0.3, -0.25) is 0 Å². The molecule has 0 bridgehead atoms. The lowest BCUT2D eigenvalue weighted by atomic mass is 10.0. The molecule has 0 saturated heterocycles. The fourth-order valence-electron chi connectivity index (χ4n) is 5.68. The van der Waals surface area contributed by atoms with Crippen LogP contribution in [0.2, 0.25) is 0 Å². The summed E-state index contributed by atoms with van der Waals surface area (Å²) < 4.78 is 5.74. The second kappa shape index (κ2) is 37.0. The average molecular weight is 536 g/mol. The molecule has 38 heavy (non-hydrogen) atoms. The maximum atomic E-state index is 5.74. The lowest BCUT2D eigenvalue weighted by molar-refractivity contribution is 0.183. The van der Waals surface area contributed by atoms with Crippen LogP contribution in [-0.4, -0.2) is 6.61 Å². The summed E-state index contributed by atoms with van der Waals surface area (Å²) in [5, 5.41) is 0. The quantitative estimate of drug-likeness (QED) is 0.0733. The van der Waals surface area contributed by atoms with Crippen molar-refractivity contribution >= 4 is 0 Å². The molecule has 0 rings (SSSR count). The van der Waals surface area contributed by atoms with Gasteiger partial charge < -0.3 is 4.74 Å². The Balaban J connectivity index is 3.01. The maximum Gasteiger partial charge on any atom is 0.0836 e. The van der Waals surface area contributed by atoms with Gasteiger partial charge in [0.05, 0.1) is 6.61 Å². The molecule has 0 fully saturated rings. The Morgan fingerprint density at radius 2 is 0.526 bits per heavy atom. The minimum absolute atomic E-state index is 0.941. The second-order valence-electron chi connectivity index (χ2n) is 12.4. The van der Waals surface area contributed by atoms with Gasteiger partial charge in [-0.15, -0.1) is 0 Å². The zero-order chi connectivity index (χ0) is 27.5. The molecular formula is C37H75O. The first-order valence-electron chi connectivity index (χ1n) is 18.3. The largest absolute Gasteiger partial charge is 0.376 e. The molecule has 0 unspecified atom stereocenters. The van der Waals surface area contributed by atoms with Gasteiger partial charge in [-0.05, 0) is 12.8 Å². The minimum atomic E-state index is 0.941. The number of ether oxygens (including phenoxy) is 1. The average Bonchev–Trinajstić information content (AvgIpc) is 2.93. The molecular weight excluding hydrogens is 460 g/mol. The van der Waals surface area contributed by atoms with Gasteiger partial charge in [0, 0.05) is 6.61 Å². The zero-order valence-electron chi connectivity index (χ0n) is 27.0. The molecule has 1 heteroatoms. The lowest BCUT2D eigenvalue weighted by Crippen LogP contribution is -1.92. The van der Waals surface area contributed by atoms with Crippen molar-refractivity contribution < 1.29 is 4.74 Å². The van der Waals surface area contributed by atoms with Crippen molar-refractivity contribution in [3.63, 3.8) is 0 Å². The van der Waals surface area contributed by atoms with Crippen molar-refractivity contribution in [2.24, 2.45) is 0 Å². The molecule has 0 aliphatic rings. The van der Waals surface area contributed by atoms with Gasteiger partial charge in [0.25, 0.3) is 0 Å². The molecule has 0 atom stereocenters. The van der Waals surface area contributed by atoms with Gasteiger partial charge in [0.15, 0.2) is 0 Å². The molecule has 0 spiro atoms. The third kappa shape index (κ3) is 36.0. The van der Waals surface area contributed by atoms with Crippen LogP contribution in [0.3, 0.4) is 0 Å². The van der Waals surface area contributed by atoms with E-state index in [9.17, 15) is 0 Å². The van der Waals surface area contributed by atoms with Crippen LogP contribution in [0.4, 0.5) is 0 Å². The molecule has 0 aliphatic carbocycles. The fraction of sp³-hybridized carbons (Fsp3) is 0.973. The normalized spacial score (nSPS) is 11.5. The molecule has 0 aliphatic heterocycles. The Morgan fingerprint density at radius 3 is 0.816 bits per heavy atom. The molecule has 0 N–H and O–H groups in total. The number of hydrogen-bond acceptors (Lipinski definition) is 1. The van der Waals surface area contributed by atoms with E-state index in [-0.39, 0.29) is 0 Å². The first-order chi connectivity index (χ1) is 18.9. The summed E-state index contributed by atoms with van der Waals surface area (Å²) in [7, 11) is 0. The SMILES string of the molecule is CCCCCCCCCCCCCCCCCCCCCCC[CH]OCCCCCCCCCCCCC. The summed E-state index contributed by atoms with van der Waals surface area (Å²) in [4.78, 5) is 0. The molecule has 229 valence electrons. The van der Waals surface area contributed by atoms with E-state index < -0.39 is 0 Å². The van der Waals surface area contributed by atoms with Crippen LogP contribution in [0.5, 0.6) is 0 Å². The van der Waals surface area contributed by atoms with Crippen LogP contribution >= 0.6 is 0 Å². The minimum Gasteiger partial charge on any atom is -0.376 e. The maximum absolute atomic E-state index is 5.74. The first kappa shape index (κ1) is 38.0. The standard InChI is InChI=1S/C37H75O/c1-3-5-7-9-11-13-15-16-17-18-19-20-21-22-23-24-25-27-29-31-33-35-37-38-36-34-32-30-28-26-14-12-10-8-6-4-2/h37H,3-36H2,1-2H3. The van der Waals surface area contributed by atoms with E-state index >= 15 is 0 Å². The summed E-state index contributed by atoms with van der Waals surface area (Å²) in [5.41, 5.74) is 0. The van der Waals surface area contributed by atoms with E-state index in [0.29, 0.717) is 0 Å². The van der Waals surface area contributed by atoms with Gasteiger partial charge in [-0.25, -0.2) is 0 Å². The van der Waals surface area contributed by atoms with Crippen LogP contribution in [0.1, 0.15) is 226 Å². The highest BCUT2D eigenvalue weighted by atomic mass is 16.5. The molecule has 0 aromatic carbocycles. The molecule has 1 nitrogen and oxygen atoms in total. The molecule has 1 radical (unpaired) electrons. The van der Waals surface area contributed by atoms with Crippen molar-refractivity contribution in [1.29, 1.82) is 0 Å². The predicted molar refractivity (Wildman–Crippen MR) is 174 cm³/mol. The summed E-state index contributed by atoms with van der Waals surface area (Å²) in [6.45, 7) is 7.63. The van der Waals surface area contributed by atoms with Gasteiger partial charge in [-0.2, -0.15) is 0 Å². The Labute approximate surface area is 243 Å². The van der Waals surface area contributed by atoms with Crippen LogP contribution in [-0.2, 0) is 4.74 Å². The second-order valence-corrected chi connectivity index (χ2v) is 12.4. The molecule has 0 heterocycles. The Kier molecular flexibility index (Phi) is 36.9.